The van der Waals surface area contributed by atoms with E-state index >= 15 is 4.39 Å². The lowest BCUT2D eigenvalue weighted by Crippen LogP contribution is -2.37. The van der Waals surface area contributed by atoms with Crippen LogP contribution in [0.25, 0.3) is 22.2 Å². The van der Waals surface area contributed by atoms with E-state index in [9.17, 15) is 9.18 Å². The minimum Gasteiger partial charge on any atom is -0.316 e. The lowest BCUT2D eigenvalue weighted by Gasteiger charge is -2.21. The summed E-state index contributed by atoms with van der Waals surface area (Å²) in [6.45, 7) is 3.37. The quantitative estimate of drug-likeness (QED) is 0.407. The molecule has 2 atom stereocenters. The second-order valence-corrected chi connectivity index (χ2v) is 9.07. The zero-order chi connectivity index (χ0) is 24.5. The molecule has 180 valence electrons. The smallest absolute Gasteiger partial charge is 0.229 e. The second kappa shape index (κ2) is 9.67. The van der Waals surface area contributed by atoms with E-state index < -0.39 is 5.82 Å². The van der Waals surface area contributed by atoms with Gasteiger partial charge in [-0.3, -0.25) is 4.79 Å². The van der Waals surface area contributed by atoms with Crippen LogP contribution in [0.1, 0.15) is 31.4 Å². The lowest BCUT2D eigenvalue weighted by atomic mass is 9.99. The van der Waals surface area contributed by atoms with Crippen molar-refractivity contribution >= 4 is 34.4 Å². The summed E-state index contributed by atoms with van der Waals surface area (Å²) in [5.74, 6) is -0.890. The molecule has 35 heavy (non-hydrogen) atoms. The van der Waals surface area contributed by atoms with Crippen LogP contribution in [0.15, 0.2) is 48.7 Å². The Hall–Kier alpha value is -3.43. The summed E-state index contributed by atoms with van der Waals surface area (Å²) in [7, 11) is 0. The Bertz CT molecular complexity index is 1400. The fourth-order valence-electron chi connectivity index (χ4n) is 4.38. The Labute approximate surface area is 205 Å². The Morgan fingerprint density at radius 2 is 2.09 bits per heavy atom. The first-order chi connectivity index (χ1) is 16.9. The summed E-state index contributed by atoms with van der Waals surface area (Å²) in [5.41, 5.74) is 2.22. The van der Waals surface area contributed by atoms with Gasteiger partial charge in [0.05, 0.1) is 22.5 Å². The van der Waals surface area contributed by atoms with Gasteiger partial charge in [-0.25, -0.2) is 18.4 Å². The highest BCUT2D eigenvalue weighted by atomic mass is 35.5. The van der Waals surface area contributed by atoms with Gasteiger partial charge in [-0.2, -0.15) is 0 Å². The first kappa shape index (κ1) is 23.3. The summed E-state index contributed by atoms with van der Waals surface area (Å²) in [6.07, 6.45) is 3.11. The Balaban J connectivity index is 1.50. The van der Waals surface area contributed by atoms with Gasteiger partial charge in [-0.15, -0.1) is 5.10 Å². The van der Waals surface area contributed by atoms with E-state index in [-0.39, 0.29) is 34.3 Å². The van der Waals surface area contributed by atoms with Crippen LogP contribution < -0.4 is 10.6 Å². The lowest BCUT2D eigenvalue weighted by molar-refractivity contribution is -0.120. The monoisotopic (exact) mass is 496 g/mol. The van der Waals surface area contributed by atoms with Gasteiger partial charge in [0.25, 0.3) is 0 Å². The molecule has 3 heterocycles. The molecule has 1 fully saturated rings. The van der Waals surface area contributed by atoms with Gasteiger partial charge in [-0.05, 0) is 56.1 Å². The molecule has 1 aliphatic rings. The molecule has 0 radical (unpaired) electrons. The molecule has 2 aromatic heterocycles. The van der Waals surface area contributed by atoms with Crippen LogP contribution in [0, 0.1) is 17.6 Å². The largest absolute Gasteiger partial charge is 0.316 e. The van der Waals surface area contributed by atoms with Crippen molar-refractivity contribution in [1.82, 2.24) is 25.3 Å². The van der Waals surface area contributed by atoms with Gasteiger partial charge in [0, 0.05) is 29.9 Å². The number of piperidine rings is 1. The van der Waals surface area contributed by atoms with Crippen molar-refractivity contribution in [2.75, 3.05) is 18.4 Å². The van der Waals surface area contributed by atoms with Crippen molar-refractivity contribution in [3.63, 3.8) is 0 Å². The third kappa shape index (κ3) is 4.74. The van der Waals surface area contributed by atoms with Gasteiger partial charge >= 0.3 is 0 Å². The number of aromatic nitrogens is 4. The maximum Gasteiger partial charge on any atom is 0.229 e. The molecule has 1 aliphatic heterocycles. The summed E-state index contributed by atoms with van der Waals surface area (Å²) < 4.78 is 30.5. The first-order valence-corrected chi connectivity index (χ1v) is 11.8. The summed E-state index contributed by atoms with van der Waals surface area (Å²) in [4.78, 5) is 16.8. The molecule has 2 aromatic carbocycles. The van der Waals surface area contributed by atoms with Crippen molar-refractivity contribution in [2.24, 2.45) is 5.92 Å². The van der Waals surface area contributed by atoms with Gasteiger partial charge in [0.1, 0.15) is 23.0 Å². The SMILES string of the molecule is C[C@H](c1cccc(F)c1)n1nnc2cc(F)c(-c3cc(NC(=O)C4CCCNC4)ncc3Cl)cc21. The molecule has 1 unspecified atom stereocenters. The predicted octanol–water partition coefficient (Wildman–Crippen LogP) is 4.97. The molecule has 2 N–H and O–H groups in total. The van der Waals surface area contributed by atoms with E-state index in [1.807, 2.05) is 6.92 Å². The average Bonchev–Trinajstić information content (AvgIpc) is 3.27. The molecule has 1 amide bonds. The van der Waals surface area contributed by atoms with Crippen LogP contribution in [-0.2, 0) is 4.79 Å². The number of carbonyl (C=O) groups excluding carboxylic acids is 1. The molecule has 10 heteroatoms. The average molecular weight is 497 g/mol. The molecule has 1 saturated heterocycles. The summed E-state index contributed by atoms with van der Waals surface area (Å²) in [5, 5.41) is 14.5. The molecule has 0 saturated carbocycles. The molecular formula is C25H23ClF2N6O. The maximum absolute atomic E-state index is 15.2. The molecule has 0 spiro atoms. The highest BCUT2D eigenvalue weighted by molar-refractivity contribution is 6.33. The third-order valence-electron chi connectivity index (χ3n) is 6.32. The van der Waals surface area contributed by atoms with E-state index in [0.717, 1.165) is 19.4 Å². The Morgan fingerprint density at radius 1 is 1.23 bits per heavy atom. The number of pyridine rings is 1. The Kier molecular flexibility index (Phi) is 6.44. The van der Waals surface area contributed by atoms with E-state index in [0.29, 0.717) is 34.5 Å². The number of rotatable bonds is 5. The van der Waals surface area contributed by atoms with Crippen molar-refractivity contribution in [3.05, 3.63) is 70.9 Å². The first-order valence-electron chi connectivity index (χ1n) is 11.4. The highest BCUT2D eigenvalue weighted by Gasteiger charge is 2.22. The van der Waals surface area contributed by atoms with Crippen molar-refractivity contribution in [3.8, 4) is 11.1 Å². The van der Waals surface area contributed by atoms with E-state index in [1.54, 1.807) is 28.9 Å². The molecule has 7 nitrogen and oxygen atoms in total. The number of hydrogen-bond acceptors (Lipinski definition) is 5. The van der Waals surface area contributed by atoms with Crippen LogP contribution in [0.2, 0.25) is 5.02 Å². The zero-order valence-corrected chi connectivity index (χ0v) is 19.7. The topological polar surface area (TPSA) is 84.7 Å². The minimum absolute atomic E-state index is 0.139. The van der Waals surface area contributed by atoms with E-state index in [2.05, 4.69) is 25.9 Å². The van der Waals surface area contributed by atoms with Crippen LogP contribution in [0.5, 0.6) is 0 Å². The molecule has 0 aliphatic carbocycles. The molecule has 4 aromatic rings. The van der Waals surface area contributed by atoms with Crippen molar-refractivity contribution in [1.29, 1.82) is 0 Å². The number of amides is 1. The molecule has 5 rings (SSSR count). The van der Waals surface area contributed by atoms with Crippen LogP contribution in [0.4, 0.5) is 14.6 Å². The Morgan fingerprint density at radius 3 is 2.86 bits per heavy atom. The zero-order valence-electron chi connectivity index (χ0n) is 18.9. The van der Waals surface area contributed by atoms with Gasteiger partial charge < -0.3 is 10.6 Å². The minimum atomic E-state index is -0.537. The van der Waals surface area contributed by atoms with Crippen molar-refractivity contribution in [2.45, 2.75) is 25.8 Å². The van der Waals surface area contributed by atoms with Crippen LogP contribution >= 0.6 is 11.6 Å². The highest BCUT2D eigenvalue weighted by Crippen LogP contribution is 2.34. The van der Waals surface area contributed by atoms with Crippen molar-refractivity contribution < 1.29 is 13.6 Å². The van der Waals surface area contributed by atoms with Crippen LogP contribution in [-0.4, -0.2) is 39.0 Å². The molecular weight excluding hydrogens is 474 g/mol. The normalized spacial score (nSPS) is 16.9. The number of fused-ring (bicyclic) bond motifs is 1. The summed E-state index contributed by atoms with van der Waals surface area (Å²) in [6, 6.07) is 10.3. The molecule has 0 bridgehead atoms. The number of carbonyl (C=O) groups is 1. The summed E-state index contributed by atoms with van der Waals surface area (Å²) >= 11 is 6.40. The number of anilines is 1. The number of nitrogens with one attached hydrogen (secondary N) is 2. The standard InChI is InChI=1S/C25H23ClF2N6O/c1-14(15-4-2-6-17(27)8-15)34-23-9-19(21(28)11-22(23)32-33-34)18-10-24(30-13-20(18)26)31-25(35)16-5-3-7-29-12-16/h2,4,6,8-11,13-14,16,29H,3,5,7,12H2,1H3,(H,30,31,35)/t14-,16?/m1/s1. The fourth-order valence-corrected chi connectivity index (χ4v) is 4.58. The predicted molar refractivity (Wildman–Crippen MR) is 130 cm³/mol. The number of halogens is 3. The van der Waals surface area contributed by atoms with Crippen LogP contribution in [0.3, 0.4) is 0 Å². The number of nitrogens with zero attached hydrogens (tertiary/aromatic N) is 4. The third-order valence-corrected chi connectivity index (χ3v) is 6.62. The maximum atomic E-state index is 15.2. The van der Waals surface area contributed by atoms with Gasteiger partial charge in [0.2, 0.25) is 5.91 Å². The fraction of sp³-hybridized carbons (Fsp3) is 0.280. The van der Waals surface area contributed by atoms with E-state index in [4.69, 9.17) is 11.6 Å². The van der Waals surface area contributed by atoms with Gasteiger partial charge in [-0.1, -0.05) is 28.9 Å². The van der Waals surface area contributed by atoms with Gasteiger partial charge in [0.15, 0.2) is 0 Å². The number of benzene rings is 2. The second-order valence-electron chi connectivity index (χ2n) is 8.67. The number of hydrogen-bond donors (Lipinski definition) is 2. The van der Waals surface area contributed by atoms with E-state index in [1.165, 1.54) is 24.4 Å².